The van der Waals surface area contributed by atoms with Gasteiger partial charge in [0.15, 0.2) is 0 Å². The van der Waals surface area contributed by atoms with Gasteiger partial charge in [0.2, 0.25) is 15.8 Å². The predicted molar refractivity (Wildman–Crippen MR) is 62.2 cm³/mol. The minimum atomic E-state index is -4.42. The monoisotopic (exact) mass is 307 g/mol. The summed E-state index contributed by atoms with van der Waals surface area (Å²) in [5.74, 6) is -2.95. The predicted octanol–water partition coefficient (Wildman–Crippen LogP) is 1.46. The van der Waals surface area contributed by atoms with Gasteiger partial charge in [0, 0.05) is 30.1 Å². The van der Waals surface area contributed by atoms with Crippen LogP contribution in [-0.4, -0.2) is 26.4 Å². The van der Waals surface area contributed by atoms with E-state index in [2.05, 4.69) is 10.0 Å². The molecule has 0 fully saturated rings. The summed E-state index contributed by atoms with van der Waals surface area (Å²) in [5.41, 5.74) is 6.82. The van der Waals surface area contributed by atoms with Crippen LogP contribution in [0.15, 0.2) is 22.1 Å². The number of nitrogens with one attached hydrogen (secondary N) is 1. The number of sulfonamides is 1. The van der Waals surface area contributed by atoms with Crippen LogP contribution in [0.4, 0.5) is 14.5 Å². The lowest BCUT2D eigenvalue weighted by molar-refractivity contribution is -0.387. The van der Waals surface area contributed by atoms with Crippen molar-refractivity contribution >= 4 is 15.7 Å². The molecule has 20 heavy (non-hydrogen) atoms. The Morgan fingerprint density at radius 3 is 2.60 bits per heavy atom. The highest BCUT2D eigenvalue weighted by Gasteiger charge is 2.25. The number of azide groups is 1. The van der Waals surface area contributed by atoms with Crippen LogP contribution >= 0.6 is 0 Å². The molecule has 0 heterocycles. The molecule has 0 aliphatic heterocycles. The zero-order chi connectivity index (χ0) is 15.3. The Morgan fingerprint density at radius 2 is 2.05 bits per heavy atom. The van der Waals surface area contributed by atoms with Crippen LogP contribution in [0.1, 0.15) is 0 Å². The van der Waals surface area contributed by atoms with Crippen molar-refractivity contribution in [2.45, 2.75) is 4.90 Å². The molecule has 108 valence electrons. The molecule has 1 aromatic rings. The third-order valence-electron chi connectivity index (χ3n) is 2.05. The zero-order valence-electron chi connectivity index (χ0n) is 9.65. The smallest absolute Gasteiger partial charge is 0.258 e. The van der Waals surface area contributed by atoms with Gasteiger partial charge < -0.3 is 0 Å². The van der Waals surface area contributed by atoms with E-state index in [0.29, 0.717) is 0 Å². The van der Waals surface area contributed by atoms with Gasteiger partial charge in [0.1, 0.15) is 10.7 Å². The number of halogens is 2. The molecule has 9 nitrogen and oxygen atoms in total. The van der Waals surface area contributed by atoms with Crippen LogP contribution in [0.5, 0.6) is 0 Å². The second kappa shape index (κ2) is 6.23. The fourth-order valence-corrected chi connectivity index (χ4v) is 2.31. The normalized spacial score (nSPS) is 10.9. The Hall–Kier alpha value is -2.30. The Morgan fingerprint density at radius 1 is 1.40 bits per heavy atom. The lowest BCUT2D eigenvalue weighted by Gasteiger charge is -2.06. The van der Waals surface area contributed by atoms with Gasteiger partial charge in [-0.3, -0.25) is 10.1 Å². The molecular weight excluding hydrogens is 300 g/mol. The maximum absolute atomic E-state index is 13.4. The minimum absolute atomic E-state index is 0.111. The summed E-state index contributed by atoms with van der Waals surface area (Å²) in [6.45, 7) is -0.572. The molecule has 1 N–H and O–H groups in total. The number of benzene rings is 1. The van der Waals surface area contributed by atoms with Crippen LogP contribution in [0.3, 0.4) is 0 Å². The number of rotatable bonds is 6. The first-order chi connectivity index (χ1) is 9.29. The molecule has 0 saturated heterocycles. The Kier molecular flexibility index (Phi) is 4.91. The van der Waals surface area contributed by atoms with Crippen molar-refractivity contribution < 1.29 is 22.1 Å². The fraction of sp³-hybridized carbons (Fsp3) is 0.250. The van der Waals surface area contributed by atoms with Crippen molar-refractivity contribution in [1.82, 2.24) is 4.72 Å². The van der Waals surface area contributed by atoms with Crippen molar-refractivity contribution in [3.05, 3.63) is 44.3 Å². The van der Waals surface area contributed by atoms with E-state index in [1.807, 2.05) is 4.72 Å². The summed E-state index contributed by atoms with van der Waals surface area (Å²) >= 11 is 0. The first kappa shape index (κ1) is 15.8. The summed E-state index contributed by atoms with van der Waals surface area (Å²) in [4.78, 5) is 10.6. The topological polar surface area (TPSA) is 138 Å². The molecular formula is C8H7F2N5O4S. The average Bonchev–Trinajstić information content (AvgIpc) is 2.33. The number of nitro benzene ring substituents is 1. The van der Waals surface area contributed by atoms with Gasteiger partial charge in [0.25, 0.3) is 0 Å². The molecule has 0 bridgehead atoms. The summed E-state index contributed by atoms with van der Waals surface area (Å²) in [5, 5.41) is 13.5. The lowest BCUT2D eigenvalue weighted by Crippen LogP contribution is -2.27. The van der Waals surface area contributed by atoms with Crippen LogP contribution in [0, 0.1) is 21.7 Å². The standard InChI is InChI=1S/C8H7F2N5O4S/c9-5-3-6(10)8(4-7(5)15(16)17)20(18,19)13-2-1-12-14-11/h3-4,13H,1-2H2. The molecule has 0 radical (unpaired) electrons. The van der Waals surface area contributed by atoms with E-state index in [9.17, 15) is 27.3 Å². The maximum atomic E-state index is 13.4. The molecule has 0 unspecified atom stereocenters. The first-order valence-corrected chi connectivity index (χ1v) is 6.42. The van der Waals surface area contributed by atoms with E-state index in [4.69, 9.17) is 5.53 Å². The second-order valence-electron chi connectivity index (χ2n) is 3.34. The van der Waals surface area contributed by atoms with Crippen LogP contribution < -0.4 is 4.72 Å². The average molecular weight is 307 g/mol. The van der Waals surface area contributed by atoms with E-state index in [1.165, 1.54) is 0 Å². The van der Waals surface area contributed by atoms with Gasteiger partial charge in [-0.2, -0.15) is 4.39 Å². The molecule has 0 amide bonds. The molecule has 0 saturated carbocycles. The van der Waals surface area contributed by atoms with Crippen molar-refractivity contribution in [3.8, 4) is 0 Å². The van der Waals surface area contributed by atoms with Gasteiger partial charge in [-0.25, -0.2) is 17.5 Å². The SMILES string of the molecule is [N-]=[N+]=NCCNS(=O)(=O)c1cc([N+](=O)[O-])c(F)cc1F. The summed E-state index contributed by atoms with van der Waals surface area (Å²) in [7, 11) is -4.42. The van der Waals surface area contributed by atoms with Crippen molar-refractivity contribution in [3.63, 3.8) is 0 Å². The van der Waals surface area contributed by atoms with E-state index in [1.54, 1.807) is 0 Å². The number of nitrogens with zero attached hydrogens (tertiary/aromatic N) is 4. The fourth-order valence-electron chi connectivity index (χ4n) is 1.22. The Bertz CT molecular complexity index is 686. The number of hydrogen-bond donors (Lipinski definition) is 1. The highest BCUT2D eigenvalue weighted by Crippen LogP contribution is 2.24. The molecule has 0 aliphatic rings. The minimum Gasteiger partial charge on any atom is -0.258 e. The molecule has 1 rings (SSSR count). The maximum Gasteiger partial charge on any atom is 0.306 e. The third-order valence-corrected chi connectivity index (χ3v) is 3.53. The molecule has 0 aromatic heterocycles. The Labute approximate surface area is 111 Å². The summed E-state index contributed by atoms with van der Waals surface area (Å²) in [6.07, 6.45) is 0. The van der Waals surface area contributed by atoms with E-state index in [0.717, 1.165) is 0 Å². The first-order valence-electron chi connectivity index (χ1n) is 4.93. The molecule has 1 aromatic carbocycles. The van der Waals surface area contributed by atoms with E-state index >= 15 is 0 Å². The van der Waals surface area contributed by atoms with Crippen LogP contribution in [0.2, 0.25) is 0 Å². The van der Waals surface area contributed by atoms with Gasteiger partial charge in [0.05, 0.1) is 4.92 Å². The highest BCUT2D eigenvalue weighted by molar-refractivity contribution is 7.89. The van der Waals surface area contributed by atoms with E-state index in [-0.39, 0.29) is 25.2 Å². The van der Waals surface area contributed by atoms with Gasteiger partial charge >= 0.3 is 5.69 Å². The van der Waals surface area contributed by atoms with Crippen molar-refractivity contribution in [2.75, 3.05) is 13.1 Å². The molecule has 0 aliphatic carbocycles. The van der Waals surface area contributed by atoms with Gasteiger partial charge in [-0.05, 0) is 5.53 Å². The molecule has 12 heteroatoms. The van der Waals surface area contributed by atoms with Crippen molar-refractivity contribution in [1.29, 1.82) is 0 Å². The number of nitro groups is 1. The van der Waals surface area contributed by atoms with E-state index < -0.39 is 37.2 Å². The molecule has 0 spiro atoms. The van der Waals surface area contributed by atoms with Crippen molar-refractivity contribution in [2.24, 2.45) is 5.11 Å². The number of hydrogen-bond acceptors (Lipinski definition) is 5. The Balaban J connectivity index is 3.14. The zero-order valence-corrected chi connectivity index (χ0v) is 10.5. The third kappa shape index (κ3) is 3.60. The van der Waals surface area contributed by atoms with Crippen LogP contribution in [-0.2, 0) is 10.0 Å². The largest absolute Gasteiger partial charge is 0.306 e. The van der Waals surface area contributed by atoms with Crippen LogP contribution in [0.25, 0.3) is 10.4 Å². The molecule has 0 atom stereocenters. The van der Waals surface area contributed by atoms with Gasteiger partial charge in [-0.1, -0.05) is 5.11 Å². The quantitative estimate of drug-likeness (QED) is 0.212. The highest BCUT2D eigenvalue weighted by atomic mass is 32.2. The summed E-state index contributed by atoms with van der Waals surface area (Å²) < 4.78 is 51.7. The summed E-state index contributed by atoms with van der Waals surface area (Å²) in [6, 6.07) is 0.390. The second-order valence-corrected chi connectivity index (χ2v) is 5.08. The lowest BCUT2D eigenvalue weighted by atomic mass is 10.3. The van der Waals surface area contributed by atoms with Gasteiger partial charge in [-0.15, -0.1) is 0 Å².